The van der Waals surface area contributed by atoms with Crippen LogP contribution in [0.4, 0.5) is 4.79 Å². The second-order valence-electron chi connectivity index (χ2n) is 2.78. The minimum atomic E-state index is -4.05. The minimum absolute atomic E-state index is 0.150. The lowest BCUT2D eigenvalue weighted by molar-refractivity contribution is 0.237. The van der Waals surface area contributed by atoms with Gasteiger partial charge in [-0.15, -0.1) is 0 Å². The maximum atomic E-state index is 11.0. The molecule has 1 fully saturated rings. The summed E-state index contributed by atoms with van der Waals surface area (Å²) in [5.41, 5.74) is 0. The van der Waals surface area contributed by atoms with Crippen molar-refractivity contribution in [1.82, 2.24) is 9.99 Å². The summed E-state index contributed by atoms with van der Waals surface area (Å²) in [5.74, 6) is 0. The van der Waals surface area contributed by atoms with E-state index in [4.69, 9.17) is 9.79 Å². The zero-order chi connectivity index (χ0) is 10.1. The van der Waals surface area contributed by atoms with E-state index in [2.05, 4.69) is 5.32 Å². The van der Waals surface area contributed by atoms with Crippen molar-refractivity contribution < 1.29 is 19.1 Å². The molecule has 3 N–H and O–H groups in total. The molecular formula is C5H12N2O4P2. The highest BCUT2D eigenvalue weighted by atomic mass is 31.2. The molecule has 6 nitrogen and oxygen atoms in total. The van der Waals surface area contributed by atoms with E-state index >= 15 is 0 Å². The fraction of sp³-hybridized carbons (Fsp3) is 0.800. The third kappa shape index (κ3) is 2.92. The average Bonchev–Trinajstić information content (AvgIpc) is 2.34. The summed E-state index contributed by atoms with van der Waals surface area (Å²) in [6.07, 6.45) is 0. The van der Waals surface area contributed by atoms with Gasteiger partial charge in [0.05, 0.1) is 5.40 Å². The molecule has 2 unspecified atom stereocenters. The first-order valence-electron chi connectivity index (χ1n) is 3.78. The van der Waals surface area contributed by atoms with Crippen LogP contribution < -0.4 is 5.32 Å². The molecule has 0 aliphatic carbocycles. The van der Waals surface area contributed by atoms with Gasteiger partial charge in [0.25, 0.3) is 0 Å². The Balaban J connectivity index is 2.49. The van der Waals surface area contributed by atoms with Crippen LogP contribution in [-0.2, 0) is 4.57 Å². The molecule has 0 saturated carbocycles. The van der Waals surface area contributed by atoms with Crippen molar-refractivity contribution in [3.63, 3.8) is 0 Å². The SMILES string of the molecule is CC(PN1CCNC1=O)P(=O)(O)O. The monoisotopic (exact) mass is 226 g/mol. The standard InChI is InChI=1S/C5H12N2O4P2/c1-4(13(9,10)11)12-7-3-2-6-5(7)8/h4,12H,2-3H2,1H3,(H,6,8)(H2,9,10,11). The summed E-state index contributed by atoms with van der Waals surface area (Å²) in [6, 6.07) is -0.237. The van der Waals surface area contributed by atoms with E-state index in [0.717, 1.165) is 0 Å². The predicted molar refractivity (Wildman–Crippen MR) is 49.9 cm³/mol. The molecule has 1 aliphatic rings. The van der Waals surface area contributed by atoms with Crippen LogP contribution in [0.1, 0.15) is 6.92 Å². The van der Waals surface area contributed by atoms with Gasteiger partial charge in [-0.2, -0.15) is 0 Å². The van der Waals surface area contributed by atoms with Gasteiger partial charge in [-0.05, 0) is 15.7 Å². The fourth-order valence-electron chi connectivity index (χ4n) is 0.896. The number of nitrogens with one attached hydrogen (secondary N) is 1. The molecule has 1 saturated heterocycles. The molecule has 0 bridgehead atoms. The maximum absolute atomic E-state index is 11.0. The second kappa shape index (κ2) is 3.93. The summed E-state index contributed by atoms with van der Waals surface area (Å²) >= 11 is 0. The highest BCUT2D eigenvalue weighted by Gasteiger charge is 2.29. The molecule has 0 radical (unpaired) electrons. The van der Waals surface area contributed by atoms with Gasteiger partial charge in [0.1, 0.15) is 0 Å². The quantitative estimate of drug-likeness (QED) is 0.596. The Labute approximate surface area is 77.7 Å². The van der Waals surface area contributed by atoms with Gasteiger partial charge in [-0.1, -0.05) is 0 Å². The van der Waals surface area contributed by atoms with E-state index < -0.39 is 13.0 Å². The molecule has 1 aliphatic heterocycles. The van der Waals surface area contributed by atoms with Gasteiger partial charge < -0.3 is 19.8 Å². The van der Waals surface area contributed by atoms with Crippen molar-refractivity contribution in [1.29, 1.82) is 0 Å². The zero-order valence-corrected chi connectivity index (χ0v) is 8.99. The van der Waals surface area contributed by atoms with Crippen LogP contribution in [0.3, 0.4) is 0 Å². The molecule has 0 spiro atoms. The lowest BCUT2D eigenvalue weighted by Crippen LogP contribution is -2.22. The minimum Gasteiger partial charge on any atom is -0.336 e. The van der Waals surface area contributed by atoms with E-state index in [1.807, 2.05) is 0 Å². The van der Waals surface area contributed by atoms with Crippen molar-refractivity contribution in [2.45, 2.75) is 12.3 Å². The molecule has 13 heavy (non-hydrogen) atoms. The van der Waals surface area contributed by atoms with E-state index in [0.29, 0.717) is 13.1 Å². The van der Waals surface area contributed by atoms with Crippen LogP contribution in [0.15, 0.2) is 0 Å². The Morgan fingerprint density at radius 2 is 2.31 bits per heavy atom. The highest BCUT2D eigenvalue weighted by molar-refractivity contribution is 7.64. The van der Waals surface area contributed by atoms with Crippen molar-refractivity contribution in [2.24, 2.45) is 0 Å². The van der Waals surface area contributed by atoms with Crippen molar-refractivity contribution in [3.8, 4) is 0 Å². The average molecular weight is 226 g/mol. The molecule has 2 amide bonds. The maximum Gasteiger partial charge on any atom is 0.334 e. The van der Waals surface area contributed by atoms with E-state index in [-0.39, 0.29) is 14.8 Å². The molecule has 0 aromatic heterocycles. The largest absolute Gasteiger partial charge is 0.336 e. The summed E-state index contributed by atoms with van der Waals surface area (Å²) in [4.78, 5) is 28.6. The van der Waals surface area contributed by atoms with Crippen molar-refractivity contribution in [3.05, 3.63) is 0 Å². The van der Waals surface area contributed by atoms with Gasteiger partial charge in [0.2, 0.25) is 0 Å². The van der Waals surface area contributed by atoms with Gasteiger partial charge in [0, 0.05) is 13.1 Å². The number of hydrogen-bond acceptors (Lipinski definition) is 2. The number of urea groups is 1. The summed E-state index contributed by atoms with van der Waals surface area (Å²) < 4.78 is 12.2. The molecule has 1 rings (SSSR count). The third-order valence-corrected chi connectivity index (χ3v) is 5.18. The Hall–Kier alpha value is -0.150. The smallest absolute Gasteiger partial charge is 0.334 e. The van der Waals surface area contributed by atoms with Crippen LogP contribution in [0.5, 0.6) is 0 Å². The Bertz CT molecular complexity index is 253. The zero-order valence-electron chi connectivity index (χ0n) is 7.10. The number of amides is 2. The van der Waals surface area contributed by atoms with Crippen LogP contribution in [0.25, 0.3) is 0 Å². The van der Waals surface area contributed by atoms with Crippen molar-refractivity contribution in [2.75, 3.05) is 13.1 Å². The topological polar surface area (TPSA) is 89.9 Å². The molecule has 76 valence electrons. The lowest BCUT2D eigenvalue weighted by Gasteiger charge is -2.19. The molecule has 1 heterocycles. The molecule has 8 heteroatoms. The normalized spacial score (nSPS) is 21.2. The number of carbonyl (C=O) groups is 1. The van der Waals surface area contributed by atoms with Gasteiger partial charge >= 0.3 is 13.6 Å². The Morgan fingerprint density at radius 1 is 1.69 bits per heavy atom. The van der Waals surface area contributed by atoms with Crippen LogP contribution >= 0.6 is 16.3 Å². The van der Waals surface area contributed by atoms with E-state index in [1.165, 1.54) is 11.6 Å². The van der Waals surface area contributed by atoms with Crippen molar-refractivity contribution >= 4 is 22.4 Å². The first kappa shape index (κ1) is 10.9. The first-order valence-corrected chi connectivity index (χ1v) is 6.48. The van der Waals surface area contributed by atoms with E-state index in [1.54, 1.807) is 0 Å². The Morgan fingerprint density at radius 3 is 2.69 bits per heavy atom. The molecule has 0 aromatic rings. The molecule has 2 atom stereocenters. The third-order valence-electron chi connectivity index (χ3n) is 1.70. The summed E-state index contributed by atoms with van der Waals surface area (Å²) in [7, 11) is -4.20. The number of hydrogen-bond donors (Lipinski definition) is 3. The fourth-order valence-corrected chi connectivity index (χ4v) is 2.80. The van der Waals surface area contributed by atoms with Gasteiger partial charge in [0.15, 0.2) is 0 Å². The summed E-state index contributed by atoms with van der Waals surface area (Å²) in [5, 5.41) is 1.80. The molecular weight excluding hydrogens is 214 g/mol. The number of carbonyl (C=O) groups excluding carboxylic acids is 1. The predicted octanol–water partition coefficient (Wildman–Crippen LogP) is 0.129. The van der Waals surface area contributed by atoms with Gasteiger partial charge in [-0.3, -0.25) is 4.57 Å². The number of nitrogens with zero attached hydrogens (tertiary/aromatic N) is 1. The van der Waals surface area contributed by atoms with Gasteiger partial charge in [-0.25, -0.2) is 4.79 Å². The highest BCUT2D eigenvalue weighted by Crippen LogP contribution is 2.50. The molecule has 0 aromatic carbocycles. The Kier molecular flexibility index (Phi) is 3.30. The first-order chi connectivity index (χ1) is 5.91. The van der Waals surface area contributed by atoms with Crippen LogP contribution in [-0.4, -0.2) is 39.0 Å². The number of rotatable bonds is 3. The van der Waals surface area contributed by atoms with E-state index in [9.17, 15) is 9.36 Å². The lowest BCUT2D eigenvalue weighted by atomic mass is 10.7. The van der Waals surface area contributed by atoms with Crippen LogP contribution in [0.2, 0.25) is 0 Å². The second-order valence-corrected chi connectivity index (χ2v) is 6.88. The summed E-state index contributed by atoms with van der Waals surface area (Å²) in [6.45, 7) is 2.53. The van der Waals surface area contributed by atoms with Crippen LogP contribution in [0, 0.1) is 0 Å².